The Labute approximate surface area is 166 Å². The summed E-state index contributed by atoms with van der Waals surface area (Å²) in [7, 11) is 0. The molecule has 4 rings (SSSR count). The lowest BCUT2D eigenvalue weighted by Crippen LogP contribution is -2.52. The lowest BCUT2D eigenvalue weighted by molar-refractivity contribution is 0.132. The molecule has 0 spiro atoms. The predicted molar refractivity (Wildman–Crippen MR) is 108 cm³/mol. The standard InChI is InChI=1S/C23H26N4O/c24-16-18-6-8-19(9-7-18)17-26-12-14-27(15-13-26)23(28)25-22(21-10-11-21)20-4-2-1-3-5-20/h1-9,21-22H,10-15,17H2,(H,25,28). The molecule has 1 heterocycles. The maximum Gasteiger partial charge on any atom is 0.317 e. The minimum Gasteiger partial charge on any atom is -0.331 e. The summed E-state index contributed by atoms with van der Waals surface area (Å²) in [6, 6.07) is 20.4. The second-order valence-electron chi connectivity index (χ2n) is 7.75. The lowest BCUT2D eigenvalue weighted by Gasteiger charge is -2.35. The highest BCUT2D eigenvalue weighted by Crippen LogP contribution is 2.41. The molecule has 1 unspecified atom stereocenters. The summed E-state index contributed by atoms with van der Waals surface area (Å²) < 4.78 is 0. The maximum atomic E-state index is 12.8. The molecule has 1 N–H and O–H groups in total. The zero-order valence-electron chi connectivity index (χ0n) is 16.1. The average Bonchev–Trinajstić information content (AvgIpc) is 3.59. The third kappa shape index (κ3) is 4.52. The second kappa shape index (κ2) is 8.45. The van der Waals surface area contributed by atoms with Gasteiger partial charge in [0, 0.05) is 32.7 Å². The summed E-state index contributed by atoms with van der Waals surface area (Å²) in [6.45, 7) is 4.08. The number of carbonyl (C=O) groups excluding carboxylic acids is 1. The van der Waals surface area contributed by atoms with Gasteiger partial charge >= 0.3 is 6.03 Å². The van der Waals surface area contributed by atoms with Gasteiger partial charge in [-0.15, -0.1) is 0 Å². The van der Waals surface area contributed by atoms with E-state index in [0.717, 1.165) is 32.7 Å². The molecule has 1 atom stereocenters. The van der Waals surface area contributed by atoms with Gasteiger partial charge in [-0.1, -0.05) is 42.5 Å². The average molecular weight is 374 g/mol. The van der Waals surface area contributed by atoms with Crippen molar-refractivity contribution in [3.63, 3.8) is 0 Å². The molecule has 1 saturated carbocycles. The summed E-state index contributed by atoms with van der Waals surface area (Å²) in [5.41, 5.74) is 3.10. The van der Waals surface area contributed by atoms with Gasteiger partial charge < -0.3 is 10.2 Å². The summed E-state index contributed by atoms with van der Waals surface area (Å²) in [6.07, 6.45) is 2.39. The Hall–Kier alpha value is -2.84. The Morgan fingerprint density at radius 2 is 1.71 bits per heavy atom. The van der Waals surface area contributed by atoms with E-state index in [0.29, 0.717) is 11.5 Å². The van der Waals surface area contributed by atoms with Crippen LogP contribution in [0.3, 0.4) is 0 Å². The van der Waals surface area contributed by atoms with Gasteiger partial charge in [-0.2, -0.15) is 5.26 Å². The van der Waals surface area contributed by atoms with Crippen LogP contribution >= 0.6 is 0 Å². The molecule has 2 aromatic rings. The Balaban J connectivity index is 1.29. The molecule has 28 heavy (non-hydrogen) atoms. The summed E-state index contributed by atoms with van der Waals surface area (Å²) in [5.74, 6) is 0.573. The summed E-state index contributed by atoms with van der Waals surface area (Å²) >= 11 is 0. The highest BCUT2D eigenvalue weighted by Gasteiger charge is 2.34. The van der Waals surface area contributed by atoms with E-state index in [2.05, 4.69) is 28.4 Å². The molecular weight excluding hydrogens is 348 g/mol. The van der Waals surface area contributed by atoms with E-state index in [-0.39, 0.29) is 12.1 Å². The number of nitrogens with one attached hydrogen (secondary N) is 1. The van der Waals surface area contributed by atoms with E-state index < -0.39 is 0 Å². The number of urea groups is 1. The van der Waals surface area contributed by atoms with Crippen molar-refractivity contribution in [2.24, 2.45) is 5.92 Å². The van der Waals surface area contributed by atoms with E-state index in [9.17, 15) is 4.79 Å². The first-order chi connectivity index (χ1) is 13.7. The van der Waals surface area contributed by atoms with Crippen LogP contribution < -0.4 is 5.32 Å². The van der Waals surface area contributed by atoms with Crippen LogP contribution in [0.25, 0.3) is 0 Å². The minimum absolute atomic E-state index is 0.0544. The molecule has 0 aromatic heterocycles. The van der Waals surface area contributed by atoms with Crippen LogP contribution in [0.15, 0.2) is 54.6 Å². The molecule has 1 aliphatic heterocycles. The van der Waals surface area contributed by atoms with Gasteiger partial charge in [0.15, 0.2) is 0 Å². The van der Waals surface area contributed by atoms with Gasteiger partial charge in [0.1, 0.15) is 0 Å². The van der Waals surface area contributed by atoms with Crippen LogP contribution in [0.2, 0.25) is 0 Å². The molecule has 2 fully saturated rings. The van der Waals surface area contributed by atoms with Crippen LogP contribution in [0.5, 0.6) is 0 Å². The fraction of sp³-hybridized carbons (Fsp3) is 0.391. The SMILES string of the molecule is N#Cc1ccc(CN2CCN(C(=O)NC(c3ccccc3)C3CC3)CC2)cc1. The van der Waals surface area contributed by atoms with Crippen molar-refractivity contribution in [2.75, 3.05) is 26.2 Å². The first-order valence-electron chi connectivity index (χ1n) is 10.0. The van der Waals surface area contributed by atoms with Crippen molar-refractivity contribution >= 4 is 6.03 Å². The molecular formula is C23H26N4O. The lowest BCUT2D eigenvalue weighted by atomic mass is 10.0. The zero-order valence-corrected chi connectivity index (χ0v) is 16.1. The highest BCUT2D eigenvalue weighted by molar-refractivity contribution is 5.75. The topological polar surface area (TPSA) is 59.4 Å². The highest BCUT2D eigenvalue weighted by atomic mass is 16.2. The third-order valence-corrected chi connectivity index (χ3v) is 5.68. The molecule has 1 aliphatic carbocycles. The maximum absolute atomic E-state index is 12.8. The number of piperazine rings is 1. The monoisotopic (exact) mass is 374 g/mol. The Kier molecular flexibility index (Phi) is 5.59. The van der Waals surface area contributed by atoms with Crippen LogP contribution in [0.4, 0.5) is 4.79 Å². The van der Waals surface area contributed by atoms with Crippen LogP contribution in [0, 0.1) is 17.2 Å². The minimum atomic E-state index is 0.0544. The molecule has 5 heteroatoms. The number of nitrogens with zero attached hydrogens (tertiary/aromatic N) is 3. The number of carbonyl (C=O) groups is 1. The Morgan fingerprint density at radius 3 is 2.32 bits per heavy atom. The van der Waals surface area contributed by atoms with Gasteiger partial charge in [0.05, 0.1) is 17.7 Å². The number of amides is 2. The van der Waals surface area contributed by atoms with Crippen LogP contribution in [0.1, 0.15) is 35.6 Å². The summed E-state index contributed by atoms with van der Waals surface area (Å²) in [5, 5.41) is 12.2. The molecule has 1 saturated heterocycles. The first-order valence-corrected chi connectivity index (χ1v) is 10.0. The van der Waals surface area contributed by atoms with Crippen molar-refractivity contribution in [3.05, 3.63) is 71.3 Å². The summed E-state index contributed by atoms with van der Waals surface area (Å²) in [4.78, 5) is 17.1. The fourth-order valence-corrected chi connectivity index (χ4v) is 3.84. The first kappa shape index (κ1) is 18.5. The van der Waals surface area contributed by atoms with E-state index in [4.69, 9.17) is 5.26 Å². The Bertz CT molecular complexity index is 831. The molecule has 144 valence electrons. The van der Waals surface area contributed by atoms with E-state index in [1.165, 1.54) is 24.0 Å². The van der Waals surface area contributed by atoms with E-state index >= 15 is 0 Å². The van der Waals surface area contributed by atoms with Gasteiger partial charge in [-0.3, -0.25) is 4.90 Å². The second-order valence-corrected chi connectivity index (χ2v) is 7.75. The fourth-order valence-electron chi connectivity index (χ4n) is 3.84. The smallest absolute Gasteiger partial charge is 0.317 e. The number of benzene rings is 2. The largest absolute Gasteiger partial charge is 0.331 e. The van der Waals surface area contributed by atoms with Gasteiger partial charge in [0.2, 0.25) is 0 Å². The van der Waals surface area contributed by atoms with Gasteiger partial charge in [0.25, 0.3) is 0 Å². The molecule has 0 radical (unpaired) electrons. The number of nitriles is 1. The number of hydrogen-bond donors (Lipinski definition) is 1. The zero-order chi connectivity index (χ0) is 19.3. The number of hydrogen-bond acceptors (Lipinski definition) is 3. The van der Waals surface area contributed by atoms with Crippen molar-refractivity contribution in [1.82, 2.24) is 15.1 Å². The van der Waals surface area contributed by atoms with Crippen molar-refractivity contribution in [3.8, 4) is 6.07 Å². The van der Waals surface area contributed by atoms with Crippen molar-refractivity contribution in [1.29, 1.82) is 5.26 Å². The third-order valence-electron chi connectivity index (χ3n) is 5.68. The normalized spacial score (nSPS) is 18.3. The van der Waals surface area contributed by atoms with Crippen molar-refractivity contribution in [2.45, 2.75) is 25.4 Å². The quantitative estimate of drug-likeness (QED) is 0.871. The molecule has 0 bridgehead atoms. The van der Waals surface area contributed by atoms with Crippen LogP contribution in [-0.4, -0.2) is 42.0 Å². The molecule has 2 aliphatic rings. The van der Waals surface area contributed by atoms with Crippen LogP contribution in [-0.2, 0) is 6.54 Å². The predicted octanol–water partition coefficient (Wildman–Crippen LogP) is 3.54. The molecule has 5 nitrogen and oxygen atoms in total. The molecule has 2 aromatic carbocycles. The number of rotatable bonds is 5. The molecule has 2 amide bonds. The Morgan fingerprint density at radius 1 is 1.04 bits per heavy atom. The van der Waals surface area contributed by atoms with E-state index in [1.807, 2.05) is 47.4 Å². The van der Waals surface area contributed by atoms with Crippen molar-refractivity contribution < 1.29 is 4.79 Å². The van der Waals surface area contributed by atoms with Gasteiger partial charge in [-0.25, -0.2) is 4.79 Å². The van der Waals surface area contributed by atoms with Gasteiger partial charge in [-0.05, 0) is 42.0 Å². The van der Waals surface area contributed by atoms with E-state index in [1.54, 1.807) is 0 Å².